The number of alkyl halides is 3. The van der Waals surface area contributed by atoms with Crippen LogP contribution in [0.2, 0.25) is 0 Å². The van der Waals surface area contributed by atoms with Crippen LogP contribution in [0.25, 0.3) is 0 Å². The van der Waals surface area contributed by atoms with Crippen molar-refractivity contribution in [3.8, 4) is 0 Å². The van der Waals surface area contributed by atoms with Gasteiger partial charge in [-0.2, -0.15) is 13.2 Å². The lowest BCUT2D eigenvalue weighted by molar-refractivity contribution is -0.141. The molecule has 1 heterocycles. The second-order valence-corrected chi connectivity index (χ2v) is 4.34. The van der Waals surface area contributed by atoms with Crippen LogP contribution in [-0.4, -0.2) is 54.4 Å². The fourth-order valence-electron chi connectivity index (χ4n) is 1.86. The molecule has 0 saturated carbocycles. The summed E-state index contributed by atoms with van der Waals surface area (Å²) in [6, 6.07) is -0.589. The molecule has 1 amide bonds. The Balaban J connectivity index is 2.37. The van der Waals surface area contributed by atoms with Gasteiger partial charge >= 0.3 is 6.18 Å². The molecule has 0 aromatic carbocycles. The quantitative estimate of drug-likeness (QED) is 0.762. The predicted octanol–water partition coefficient (Wildman–Crippen LogP) is 0.368. The lowest BCUT2D eigenvalue weighted by Gasteiger charge is -2.23. The molecule has 100 valence electrons. The van der Waals surface area contributed by atoms with Crippen molar-refractivity contribution >= 4 is 5.91 Å². The second-order valence-electron chi connectivity index (χ2n) is 4.34. The maximum Gasteiger partial charge on any atom is 0.405 e. The van der Waals surface area contributed by atoms with Crippen LogP contribution in [0.15, 0.2) is 0 Å². The summed E-state index contributed by atoms with van der Waals surface area (Å²) in [4.78, 5) is 13.2. The van der Waals surface area contributed by atoms with Crippen LogP contribution in [0, 0.1) is 5.92 Å². The third-order valence-corrected chi connectivity index (χ3v) is 2.97. The Labute approximate surface area is 97.8 Å². The molecule has 4 nitrogen and oxygen atoms in total. The van der Waals surface area contributed by atoms with E-state index in [0.717, 1.165) is 6.42 Å². The average Bonchev–Trinajstić information content (AvgIpc) is 2.72. The third-order valence-electron chi connectivity index (χ3n) is 2.97. The zero-order valence-corrected chi connectivity index (χ0v) is 9.63. The number of rotatable bonds is 4. The van der Waals surface area contributed by atoms with Gasteiger partial charge in [0.25, 0.3) is 0 Å². The van der Waals surface area contributed by atoms with E-state index in [2.05, 4.69) is 0 Å². The number of carbonyl (C=O) groups is 1. The van der Waals surface area contributed by atoms with Crippen LogP contribution in [0.5, 0.6) is 0 Å². The maximum absolute atomic E-state index is 11.9. The number of likely N-dealkylation sites (tertiary alicyclic amines) is 1. The number of hydrogen-bond acceptors (Lipinski definition) is 3. The highest BCUT2D eigenvalue weighted by molar-refractivity contribution is 5.81. The summed E-state index contributed by atoms with van der Waals surface area (Å²) >= 11 is 0. The zero-order valence-electron chi connectivity index (χ0n) is 9.63. The van der Waals surface area contributed by atoms with Crippen molar-refractivity contribution in [2.24, 2.45) is 5.92 Å². The van der Waals surface area contributed by atoms with Crippen LogP contribution in [-0.2, 0) is 4.79 Å². The van der Waals surface area contributed by atoms with Crippen LogP contribution >= 0.6 is 0 Å². The SMILES string of the molecule is CC(C(=O)NCC(F)(F)F)N1CCC(CO)C1. The van der Waals surface area contributed by atoms with E-state index in [1.165, 1.54) is 0 Å². The molecular formula is C10H17F3N2O2. The molecule has 0 bridgehead atoms. The molecule has 1 fully saturated rings. The van der Waals surface area contributed by atoms with E-state index in [1.54, 1.807) is 11.8 Å². The van der Waals surface area contributed by atoms with Crippen molar-refractivity contribution in [2.45, 2.75) is 25.6 Å². The minimum absolute atomic E-state index is 0.0490. The first-order chi connectivity index (χ1) is 7.83. The van der Waals surface area contributed by atoms with Crippen LogP contribution < -0.4 is 5.32 Å². The molecule has 2 atom stereocenters. The highest BCUT2D eigenvalue weighted by Crippen LogP contribution is 2.18. The lowest BCUT2D eigenvalue weighted by atomic mass is 10.1. The number of carbonyl (C=O) groups excluding carboxylic acids is 1. The van der Waals surface area contributed by atoms with Gasteiger partial charge in [-0.15, -0.1) is 0 Å². The van der Waals surface area contributed by atoms with Crippen molar-refractivity contribution < 1.29 is 23.1 Å². The van der Waals surface area contributed by atoms with Gasteiger partial charge in [-0.1, -0.05) is 0 Å². The molecule has 2 unspecified atom stereocenters. The van der Waals surface area contributed by atoms with Gasteiger partial charge < -0.3 is 10.4 Å². The molecule has 1 aliphatic heterocycles. The molecule has 0 aliphatic carbocycles. The number of nitrogens with one attached hydrogen (secondary N) is 1. The number of nitrogens with zero attached hydrogens (tertiary/aromatic N) is 1. The van der Waals surface area contributed by atoms with E-state index in [4.69, 9.17) is 5.11 Å². The monoisotopic (exact) mass is 254 g/mol. The van der Waals surface area contributed by atoms with Gasteiger partial charge in [0.05, 0.1) is 6.04 Å². The number of aliphatic hydroxyl groups excluding tert-OH is 1. The maximum atomic E-state index is 11.9. The minimum atomic E-state index is -4.38. The summed E-state index contributed by atoms with van der Waals surface area (Å²) in [5.74, 6) is -0.506. The van der Waals surface area contributed by atoms with E-state index in [1.807, 2.05) is 5.32 Å². The summed E-state index contributed by atoms with van der Waals surface area (Å²) in [6.45, 7) is 1.51. The molecule has 0 spiro atoms. The minimum Gasteiger partial charge on any atom is -0.396 e. The van der Waals surface area contributed by atoms with Gasteiger partial charge in [0.1, 0.15) is 6.54 Å². The van der Waals surface area contributed by atoms with Crippen molar-refractivity contribution in [3.05, 3.63) is 0 Å². The number of amides is 1. The second kappa shape index (κ2) is 5.68. The molecule has 0 radical (unpaired) electrons. The van der Waals surface area contributed by atoms with Gasteiger partial charge in [0.15, 0.2) is 0 Å². The number of halogens is 3. The largest absolute Gasteiger partial charge is 0.405 e. The lowest BCUT2D eigenvalue weighted by Crippen LogP contribution is -2.46. The Morgan fingerprint density at radius 3 is 2.71 bits per heavy atom. The first kappa shape index (κ1) is 14.2. The topological polar surface area (TPSA) is 52.6 Å². The molecule has 17 heavy (non-hydrogen) atoms. The normalized spacial score (nSPS) is 23.7. The first-order valence-electron chi connectivity index (χ1n) is 5.53. The van der Waals surface area contributed by atoms with E-state index in [-0.39, 0.29) is 12.5 Å². The number of aliphatic hydroxyl groups is 1. The van der Waals surface area contributed by atoms with Gasteiger partial charge in [0.2, 0.25) is 5.91 Å². The fourth-order valence-corrected chi connectivity index (χ4v) is 1.86. The molecular weight excluding hydrogens is 237 g/mol. The summed E-state index contributed by atoms with van der Waals surface area (Å²) < 4.78 is 35.7. The third kappa shape index (κ3) is 4.51. The molecule has 0 aromatic heterocycles. The fraction of sp³-hybridized carbons (Fsp3) is 0.900. The average molecular weight is 254 g/mol. The molecule has 1 aliphatic rings. The Morgan fingerprint density at radius 2 is 2.24 bits per heavy atom. The Morgan fingerprint density at radius 1 is 1.59 bits per heavy atom. The van der Waals surface area contributed by atoms with Crippen molar-refractivity contribution in [2.75, 3.05) is 26.2 Å². The molecule has 2 N–H and O–H groups in total. The highest BCUT2D eigenvalue weighted by Gasteiger charge is 2.32. The smallest absolute Gasteiger partial charge is 0.396 e. The summed E-state index contributed by atoms with van der Waals surface area (Å²) in [7, 11) is 0. The number of hydrogen-bond donors (Lipinski definition) is 2. The first-order valence-corrected chi connectivity index (χ1v) is 5.53. The standard InChI is InChI=1S/C10H17F3N2O2/c1-7(9(17)14-6-10(11,12)13)15-3-2-8(4-15)5-16/h7-8,16H,2-6H2,1H3,(H,14,17). The van der Waals surface area contributed by atoms with Crippen molar-refractivity contribution in [3.63, 3.8) is 0 Å². The van der Waals surface area contributed by atoms with E-state index < -0.39 is 24.7 Å². The van der Waals surface area contributed by atoms with E-state index in [0.29, 0.717) is 13.1 Å². The van der Waals surface area contributed by atoms with Gasteiger partial charge in [0, 0.05) is 13.2 Å². The predicted molar refractivity (Wildman–Crippen MR) is 55.3 cm³/mol. The van der Waals surface area contributed by atoms with Gasteiger partial charge in [-0.05, 0) is 25.8 Å². The molecule has 1 saturated heterocycles. The highest BCUT2D eigenvalue weighted by atomic mass is 19.4. The summed E-state index contributed by atoms with van der Waals surface area (Å²) in [5, 5.41) is 10.8. The molecule has 1 rings (SSSR count). The van der Waals surface area contributed by atoms with Crippen molar-refractivity contribution in [1.29, 1.82) is 0 Å². The summed E-state index contributed by atoms with van der Waals surface area (Å²) in [5.41, 5.74) is 0. The summed E-state index contributed by atoms with van der Waals surface area (Å²) in [6.07, 6.45) is -3.61. The zero-order chi connectivity index (χ0) is 13.1. The van der Waals surface area contributed by atoms with Crippen LogP contribution in [0.3, 0.4) is 0 Å². The van der Waals surface area contributed by atoms with E-state index >= 15 is 0 Å². The molecule has 7 heteroatoms. The van der Waals surface area contributed by atoms with E-state index in [9.17, 15) is 18.0 Å². The van der Waals surface area contributed by atoms with Gasteiger partial charge in [-0.3, -0.25) is 9.69 Å². The Bertz CT molecular complexity index is 271. The Hall–Kier alpha value is -0.820. The van der Waals surface area contributed by atoms with Crippen LogP contribution in [0.1, 0.15) is 13.3 Å². The van der Waals surface area contributed by atoms with Crippen molar-refractivity contribution in [1.82, 2.24) is 10.2 Å². The molecule has 0 aromatic rings. The Kier molecular flexibility index (Phi) is 4.76. The van der Waals surface area contributed by atoms with Crippen LogP contribution in [0.4, 0.5) is 13.2 Å². The van der Waals surface area contributed by atoms with Gasteiger partial charge in [-0.25, -0.2) is 0 Å².